The molecule has 1 saturated heterocycles. The van der Waals surface area contributed by atoms with Crippen LogP contribution in [0.25, 0.3) is 5.52 Å². The number of anilines is 1. The number of piperidine rings is 1. The fourth-order valence-corrected chi connectivity index (χ4v) is 4.12. The Bertz CT molecular complexity index is 828. The highest BCUT2D eigenvalue weighted by molar-refractivity contribution is 7.88. The molecule has 2 aromatic rings. The summed E-state index contributed by atoms with van der Waals surface area (Å²) in [7, 11) is -3.19. The summed E-state index contributed by atoms with van der Waals surface area (Å²) in [5.41, 5.74) is 2.15. The quantitative estimate of drug-likeness (QED) is 0.906. The van der Waals surface area contributed by atoms with Crippen LogP contribution in [0.1, 0.15) is 37.3 Å². The van der Waals surface area contributed by atoms with E-state index in [2.05, 4.69) is 25.8 Å². The van der Waals surface area contributed by atoms with Gasteiger partial charge in [0.1, 0.15) is 5.52 Å². The molecule has 0 spiro atoms. The minimum atomic E-state index is -3.19. The monoisotopic (exact) mass is 335 g/mol. The first kappa shape index (κ1) is 14.9. The number of sulfonamides is 1. The molecule has 4 rings (SSSR count). The SMILES string of the molecule is CS(=O)(=O)NC1CCCN(c2nccn3nc(C4CC4)cc23)C1. The molecule has 0 radical (unpaired) electrons. The van der Waals surface area contributed by atoms with Gasteiger partial charge in [0.05, 0.1) is 11.9 Å². The van der Waals surface area contributed by atoms with Gasteiger partial charge >= 0.3 is 0 Å². The Labute approximate surface area is 135 Å². The summed E-state index contributed by atoms with van der Waals surface area (Å²) in [6.45, 7) is 1.53. The third-order valence-corrected chi connectivity index (χ3v) is 5.25. The molecule has 1 N–H and O–H groups in total. The number of hydrogen-bond acceptors (Lipinski definition) is 5. The van der Waals surface area contributed by atoms with Crippen LogP contribution in [0, 0.1) is 0 Å². The zero-order valence-electron chi connectivity index (χ0n) is 13.1. The van der Waals surface area contributed by atoms with Crippen LogP contribution in [0.4, 0.5) is 5.82 Å². The van der Waals surface area contributed by atoms with Crippen molar-refractivity contribution in [3.8, 4) is 0 Å². The van der Waals surface area contributed by atoms with Crippen LogP contribution in [-0.2, 0) is 10.0 Å². The zero-order valence-corrected chi connectivity index (χ0v) is 14.0. The molecule has 3 heterocycles. The Morgan fingerprint density at radius 1 is 1.30 bits per heavy atom. The first-order valence-electron chi connectivity index (χ1n) is 8.06. The second-order valence-corrected chi connectivity index (χ2v) is 8.38. The van der Waals surface area contributed by atoms with Gasteiger partial charge in [0.25, 0.3) is 0 Å². The van der Waals surface area contributed by atoms with Crippen LogP contribution in [0.2, 0.25) is 0 Å². The molecular weight excluding hydrogens is 314 g/mol. The summed E-state index contributed by atoms with van der Waals surface area (Å²) in [5.74, 6) is 1.50. The third kappa shape index (κ3) is 3.18. The molecule has 8 heteroatoms. The average Bonchev–Trinajstić information content (AvgIpc) is 3.24. The number of nitrogens with one attached hydrogen (secondary N) is 1. The normalized spacial score (nSPS) is 22.7. The lowest BCUT2D eigenvalue weighted by molar-refractivity contribution is 0.466. The van der Waals surface area contributed by atoms with Gasteiger partial charge in [0.15, 0.2) is 5.82 Å². The van der Waals surface area contributed by atoms with Crippen molar-refractivity contribution < 1.29 is 8.42 Å². The molecule has 1 unspecified atom stereocenters. The first-order chi connectivity index (χ1) is 11.0. The predicted molar refractivity (Wildman–Crippen MR) is 88.2 cm³/mol. The molecule has 0 bridgehead atoms. The maximum absolute atomic E-state index is 11.5. The lowest BCUT2D eigenvalue weighted by atomic mass is 10.1. The van der Waals surface area contributed by atoms with E-state index in [0.717, 1.165) is 36.4 Å². The average molecular weight is 335 g/mol. The highest BCUT2D eigenvalue weighted by atomic mass is 32.2. The minimum absolute atomic E-state index is 0.0633. The fraction of sp³-hybridized carbons (Fsp3) is 0.600. The van der Waals surface area contributed by atoms with Gasteiger partial charge in [-0.1, -0.05) is 0 Å². The number of aromatic nitrogens is 3. The van der Waals surface area contributed by atoms with Crippen LogP contribution >= 0.6 is 0 Å². The standard InChI is InChI=1S/C15H21N5O2S/c1-23(21,22)18-12-3-2-7-19(10-12)15-14-9-13(11-4-5-11)17-20(14)8-6-16-15/h6,8-9,11-12,18H,2-5,7,10H2,1H3. The molecule has 1 atom stereocenters. The molecule has 1 aliphatic heterocycles. The molecule has 2 aliphatic rings. The van der Waals surface area contributed by atoms with E-state index in [0.29, 0.717) is 12.5 Å². The molecule has 2 aromatic heterocycles. The van der Waals surface area contributed by atoms with Gasteiger partial charge < -0.3 is 4.90 Å². The number of fused-ring (bicyclic) bond motifs is 1. The zero-order chi connectivity index (χ0) is 16.0. The highest BCUT2D eigenvalue weighted by Gasteiger charge is 2.28. The second kappa shape index (κ2) is 5.45. The van der Waals surface area contributed by atoms with Crippen molar-refractivity contribution in [2.45, 2.75) is 37.6 Å². The van der Waals surface area contributed by atoms with E-state index in [1.54, 1.807) is 6.20 Å². The Hall–Kier alpha value is -1.67. The van der Waals surface area contributed by atoms with E-state index in [9.17, 15) is 8.42 Å². The maximum atomic E-state index is 11.5. The smallest absolute Gasteiger partial charge is 0.209 e. The van der Waals surface area contributed by atoms with E-state index in [-0.39, 0.29) is 6.04 Å². The second-order valence-electron chi connectivity index (χ2n) is 6.60. The summed E-state index contributed by atoms with van der Waals surface area (Å²) < 4.78 is 27.6. The van der Waals surface area contributed by atoms with Gasteiger partial charge in [-0.25, -0.2) is 22.6 Å². The van der Waals surface area contributed by atoms with Gasteiger partial charge in [-0.15, -0.1) is 0 Å². The van der Waals surface area contributed by atoms with Crippen LogP contribution in [0.15, 0.2) is 18.5 Å². The van der Waals surface area contributed by atoms with Crippen LogP contribution in [-0.4, -0.2) is 48.4 Å². The van der Waals surface area contributed by atoms with Crippen molar-refractivity contribution >= 4 is 21.4 Å². The van der Waals surface area contributed by atoms with Gasteiger partial charge in [-0.05, 0) is 31.7 Å². The van der Waals surface area contributed by atoms with Crippen LogP contribution in [0.5, 0.6) is 0 Å². The molecule has 0 aromatic carbocycles. The van der Waals surface area contributed by atoms with Crippen molar-refractivity contribution in [2.24, 2.45) is 0 Å². The van der Waals surface area contributed by atoms with Crippen LogP contribution in [0.3, 0.4) is 0 Å². The van der Waals surface area contributed by atoms with Crippen molar-refractivity contribution in [1.29, 1.82) is 0 Å². The van der Waals surface area contributed by atoms with Crippen molar-refractivity contribution in [3.63, 3.8) is 0 Å². The highest BCUT2D eigenvalue weighted by Crippen LogP contribution is 2.40. The summed E-state index contributed by atoms with van der Waals surface area (Å²) in [4.78, 5) is 6.71. The molecule has 0 amide bonds. The molecular formula is C15H21N5O2S. The van der Waals surface area contributed by atoms with Gasteiger partial charge in [0, 0.05) is 37.4 Å². The van der Waals surface area contributed by atoms with E-state index in [1.165, 1.54) is 19.1 Å². The number of rotatable bonds is 4. The molecule has 7 nitrogen and oxygen atoms in total. The summed E-state index contributed by atoms with van der Waals surface area (Å²) >= 11 is 0. The predicted octanol–water partition coefficient (Wildman–Crippen LogP) is 1.12. The Morgan fingerprint density at radius 2 is 2.13 bits per heavy atom. The minimum Gasteiger partial charge on any atom is -0.353 e. The first-order valence-corrected chi connectivity index (χ1v) is 9.95. The van der Waals surface area contributed by atoms with Crippen molar-refractivity contribution in [2.75, 3.05) is 24.2 Å². The summed E-state index contributed by atoms with van der Waals surface area (Å²) in [6.07, 6.45) is 9.09. The fourth-order valence-electron chi connectivity index (χ4n) is 3.32. The summed E-state index contributed by atoms with van der Waals surface area (Å²) in [6, 6.07) is 2.07. The largest absolute Gasteiger partial charge is 0.353 e. The lowest BCUT2D eigenvalue weighted by Crippen LogP contribution is -2.47. The van der Waals surface area contributed by atoms with E-state index >= 15 is 0 Å². The molecule has 1 aliphatic carbocycles. The molecule has 2 fully saturated rings. The Balaban J connectivity index is 1.62. The molecule has 1 saturated carbocycles. The third-order valence-electron chi connectivity index (χ3n) is 4.49. The Morgan fingerprint density at radius 3 is 2.87 bits per heavy atom. The van der Waals surface area contributed by atoms with E-state index in [1.807, 2.05) is 10.7 Å². The van der Waals surface area contributed by atoms with E-state index < -0.39 is 10.0 Å². The number of nitrogens with zero attached hydrogens (tertiary/aromatic N) is 4. The molecule has 23 heavy (non-hydrogen) atoms. The van der Waals surface area contributed by atoms with Crippen molar-refractivity contribution in [1.82, 2.24) is 19.3 Å². The van der Waals surface area contributed by atoms with E-state index in [4.69, 9.17) is 0 Å². The van der Waals surface area contributed by atoms with Gasteiger partial charge in [-0.2, -0.15) is 5.10 Å². The number of hydrogen-bond donors (Lipinski definition) is 1. The summed E-state index contributed by atoms with van der Waals surface area (Å²) in [5, 5.41) is 4.65. The molecule has 124 valence electrons. The van der Waals surface area contributed by atoms with Crippen molar-refractivity contribution in [3.05, 3.63) is 24.2 Å². The lowest BCUT2D eigenvalue weighted by Gasteiger charge is -2.33. The van der Waals surface area contributed by atoms with Gasteiger partial charge in [0.2, 0.25) is 10.0 Å². The van der Waals surface area contributed by atoms with Crippen LogP contribution < -0.4 is 9.62 Å². The van der Waals surface area contributed by atoms with Gasteiger partial charge in [-0.3, -0.25) is 0 Å². The maximum Gasteiger partial charge on any atom is 0.209 e. The topological polar surface area (TPSA) is 79.6 Å². The Kier molecular flexibility index (Phi) is 3.53.